The number of amides is 1. The molecule has 0 saturated carbocycles. The molecule has 9 nitrogen and oxygen atoms in total. The molecule has 0 bridgehead atoms. The van der Waals surface area contributed by atoms with Crippen LogP contribution in [0.3, 0.4) is 0 Å². The summed E-state index contributed by atoms with van der Waals surface area (Å²) in [5.74, 6) is -1.05. The van der Waals surface area contributed by atoms with E-state index in [4.69, 9.17) is 9.84 Å². The zero-order valence-electron chi connectivity index (χ0n) is 15.6. The van der Waals surface area contributed by atoms with Gasteiger partial charge in [-0.2, -0.15) is 0 Å². The molecule has 1 aliphatic rings. The lowest BCUT2D eigenvalue weighted by Gasteiger charge is -2.16. The molecule has 0 spiro atoms. The van der Waals surface area contributed by atoms with E-state index in [2.05, 4.69) is 5.32 Å². The van der Waals surface area contributed by atoms with E-state index in [1.165, 1.54) is 24.1 Å². The molecule has 0 aromatic heterocycles. The maximum absolute atomic E-state index is 12.7. The van der Waals surface area contributed by atoms with Crippen molar-refractivity contribution in [2.75, 3.05) is 32.1 Å². The Morgan fingerprint density at radius 3 is 2.55 bits per heavy atom. The van der Waals surface area contributed by atoms with Crippen LogP contribution in [0.15, 0.2) is 59.8 Å². The quantitative estimate of drug-likeness (QED) is 0.416. The van der Waals surface area contributed by atoms with E-state index in [0.717, 1.165) is 0 Å². The Morgan fingerprint density at radius 1 is 1.24 bits per heavy atom. The average molecular weight is 397 g/mol. The fraction of sp³-hybridized carbons (Fsp3) is 0.200. The zero-order valence-corrected chi connectivity index (χ0v) is 15.6. The Hall–Kier alpha value is -3.72. The van der Waals surface area contributed by atoms with E-state index in [-0.39, 0.29) is 36.7 Å². The highest BCUT2D eigenvalue weighted by Crippen LogP contribution is 2.32. The lowest BCUT2D eigenvalue weighted by Crippen LogP contribution is -2.31. The van der Waals surface area contributed by atoms with Gasteiger partial charge >= 0.3 is 5.97 Å². The van der Waals surface area contributed by atoms with Gasteiger partial charge in [-0.05, 0) is 23.8 Å². The molecule has 2 N–H and O–H groups in total. The molecule has 1 aliphatic heterocycles. The zero-order chi connectivity index (χ0) is 21.0. The summed E-state index contributed by atoms with van der Waals surface area (Å²) in [6, 6.07) is 13.1. The van der Waals surface area contributed by atoms with Crippen LogP contribution in [-0.2, 0) is 14.3 Å². The molecule has 0 unspecified atom stereocenters. The number of esters is 1. The summed E-state index contributed by atoms with van der Waals surface area (Å²) in [7, 11) is 1.23. The van der Waals surface area contributed by atoms with Crippen LogP contribution in [0.5, 0.6) is 0 Å². The van der Waals surface area contributed by atoms with Crippen molar-refractivity contribution in [2.24, 2.45) is 0 Å². The predicted molar refractivity (Wildman–Crippen MR) is 105 cm³/mol. The molecule has 3 rings (SSSR count). The third-order valence-corrected chi connectivity index (χ3v) is 4.53. The first kappa shape index (κ1) is 20.0. The van der Waals surface area contributed by atoms with Crippen LogP contribution in [0.1, 0.15) is 0 Å². The molecule has 9 heteroatoms. The van der Waals surface area contributed by atoms with Gasteiger partial charge in [0.1, 0.15) is 5.70 Å². The average Bonchev–Trinajstić information content (AvgIpc) is 3.04. The first-order valence-electron chi connectivity index (χ1n) is 8.78. The third kappa shape index (κ3) is 4.09. The van der Waals surface area contributed by atoms with Crippen molar-refractivity contribution in [2.45, 2.75) is 0 Å². The number of nitro groups is 1. The first-order valence-corrected chi connectivity index (χ1v) is 8.78. The summed E-state index contributed by atoms with van der Waals surface area (Å²) in [6.45, 7) is -0.102. The standard InChI is InChI=1S/C20H19N3O6/c1-29-20(26)16-12-22(10-11-24)19(25)18(16)21-17-5-3-2-4-15(17)13-6-8-14(9-7-13)23(27)28/h2-9,21,24H,10-12H2,1H3. The van der Waals surface area contributed by atoms with E-state index in [9.17, 15) is 19.7 Å². The Morgan fingerprint density at radius 2 is 1.93 bits per heavy atom. The summed E-state index contributed by atoms with van der Waals surface area (Å²) >= 11 is 0. The number of rotatable bonds is 7. The van der Waals surface area contributed by atoms with Crippen molar-refractivity contribution in [3.05, 3.63) is 69.9 Å². The minimum absolute atomic E-state index is 0.0273. The van der Waals surface area contributed by atoms with Crippen molar-refractivity contribution in [1.29, 1.82) is 0 Å². The molecule has 0 aliphatic carbocycles. The molecule has 0 radical (unpaired) electrons. The van der Waals surface area contributed by atoms with Crippen LogP contribution in [-0.4, -0.2) is 53.6 Å². The van der Waals surface area contributed by atoms with Gasteiger partial charge in [0.25, 0.3) is 11.6 Å². The summed E-state index contributed by atoms with van der Waals surface area (Å²) in [5.41, 5.74) is 2.19. The summed E-state index contributed by atoms with van der Waals surface area (Å²) in [5, 5.41) is 23.1. The molecule has 0 atom stereocenters. The van der Waals surface area contributed by atoms with Gasteiger partial charge in [0.15, 0.2) is 0 Å². The van der Waals surface area contributed by atoms with Crippen molar-refractivity contribution < 1.29 is 24.4 Å². The Balaban J connectivity index is 1.98. The number of methoxy groups -OCH3 is 1. The molecule has 1 heterocycles. The molecule has 2 aromatic carbocycles. The second-order valence-corrected chi connectivity index (χ2v) is 6.27. The largest absolute Gasteiger partial charge is 0.466 e. The SMILES string of the molecule is COC(=O)C1=C(Nc2ccccc2-c2ccc([N+](=O)[O-])cc2)C(=O)N(CCO)C1. The first-order chi connectivity index (χ1) is 14.0. The molecular formula is C20H19N3O6. The highest BCUT2D eigenvalue weighted by molar-refractivity contribution is 6.09. The number of β-amino-alcohol motifs (C(OH)–C–C–N with tert-alkyl or cyclic N) is 1. The van der Waals surface area contributed by atoms with E-state index >= 15 is 0 Å². The lowest BCUT2D eigenvalue weighted by molar-refractivity contribution is -0.384. The summed E-state index contributed by atoms with van der Waals surface area (Å²) in [4.78, 5) is 36.6. The van der Waals surface area contributed by atoms with Crippen molar-refractivity contribution in [3.8, 4) is 11.1 Å². The topological polar surface area (TPSA) is 122 Å². The molecule has 0 saturated heterocycles. The minimum atomic E-state index is -0.630. The van der Waals surface area contributed by atoms with Crippen molar-refractivity contribution in [3.63, 3.8) is 0 Å². The summed E-state index contributed by atoms with van der Waals surface area (Å²) in [6.07, 6.45) is 0. The molecule has 2 aromatic rings. The number of para-hydroxylation sites is 1. The number of carbonyl (C=O) groups is 2. The number of nitrogens with one attached hydrogen (secondary N) is 1. The van der Waals surface area contributed by atoms with Gasteiger partial charge in [-0.15, -0.1) is 0 Å². The fourth-order valence-electron chi connectivity index (χ4n) is 3.09. The van der Waals surface area contributed by atoms with E-state index in [1.807, 2.05) is 0 Å². The second-order valence-electron chi connectivity index (χ2n) is 6.27. The van der Waals surface area contributed by atoms with Gasteiger partial charge in [0.2, 0.25) is 0 Å². The van der Waals surface area contributed by atoms with Gasteiger partial charge < -0.3 is 20.1 Å². The highest BCUT2D eigenvalue weighted by Gasteiger charge is 2.34. The monoisotopic (exact) mass is 397 g/mol. The normalized spacial score (nSPS) is 13.6. The molecule has 0 fully saturated rings. The number of aliphatic hydroxyl groups is 1. The molecule has 29 heavy (non-hydrogen) atoms. The Bertz CT molecular complexity index is 984. The van der Waals surface area contributed by atoms with E-state index < -0.39 is 16.8 Å². The van der Waals surface area contributed by atoms with Crippen molar-refractivity contribution in [1.82, 2.24) is 4.90 Å². The number of aliphatic hydroxyl groups excluding tert-OH is 1. The van der Waals surface area contributed by atoms with E-state index in [0.29, 0.717) is 16.8 Å². The van der Waals surface area contributed by atoms with Crippen LogP contribution in [0.4, 0.5) is 11.4 Å². The van der Waals surface area contributed by atoms with E-state index in [1.54, 1.807) is 36.4 Å². The van der Waals surface area contributed by atoms with Gasteiger partial charge in [-0.3, -0.25) is 14.9 Å². The number of hydrogen-bond donors (Lipinski definition) is 2. The number of hydrogen-bond acceptors (Lipinski definition) is 7. The summed E-state index contributed by atoms with van der Waals surface area (Å²) < 4.78 is 4.79. The maximum atomic E-state index is 12.7. The molecule has 1 amide bonds. The van der Waals surface area contributed by atoms with Gasteiger partial charge in [0.05, 0.1) is 30.8 Å². The van der Waals surface area contributed by atoms with Gasteiger partial charge in [0, 0.05) is 29.9 Å². The van der Waals surface area contributed by atoms with Crippen LogP contribution in [0, 0.1) is 10.1 Å². The molecular weight excluding hydrogens is 378 g/mol. The number of benzene rings is 2. The predicted octanol–water partition coefficient (Wildman–Crippen LogP) is 1.94. The van der Waals surface area contributed by atoms with Crippen LogP contribution in [0.2, 0.25) is 0 Å². The second kappa shape index (κ2) is 8.53. The highest BCUT2D eigenvalue weighted by atomic mass is 16.6. The number of nitro benzene ring substituents is 1. The third-order valence-electron chi connectivity index (χ3n) is 4.53. The number of anilines is 1. The number of non-ortho nitro benzene ring substituents is 1. The lowest BCUT2D eigenvalue weighted by atomic mass is 10.0. The fourth-order valence-corrected chi connectivity index (χ4v) is 3.09. The minimum Gasteiger partial charge on any atom is -0.466 e. The smallest absolute Gasteiger partial charge is 0.337 e. The Kier molecular flexibility index (Phi) is 5.89. The molecule has 150 valence electrons. The van der Waals surface area contributed by atoms with Crippen LogP contribution < -0.4 is 5.32 Å². The number of ether oxygens (including phenoxy) is 1. The number of carbonyl (C=O) groups excluding carboxylic acids is 2. The van der Waals surface area contributed by atoms with Gasteiger partial charge in [-0.1, -0.05) is 18.2 Å². The van der Waals surface area contributed by atoms with Gasteiger partial charge in [-0.25, -0.2) is 4.79 Å². The van der Waals surface area contributed by atoms with Crippen LogP contribution in [0.25, 0.3) is 11.1 Å². The van der Waals surface area contributed by atoms with Crippen molar-refractivity contribution >= 4 is 23.3 Å². The Labute approximate surface area is 166 Å². The van der Waals surface area contributed by atoms with Crippen LogP contribution >= 0.6 is 0 Å². The number of nitrogens with zero attached hydrogens (tertiary/aromatic N) is 2. The maximum Gasteiger partial charge on any atom is 0.337 e.